The minimum absolute atomic E-state index is 0. The number of aromatic nitrogens is 8. The third-order valence-corrected chi connectivity index (χ3v) is 14.9. The summed E-state index contributed by atoms with van der Waals surface area (Å²) in [5.74, 6) is 0. The summed E-state index contributed by atoms with van der Waals surface area (Å²) in [6.07, 6.45) is 5.49. The van der Waals surface area contributed by atoms with Gasteiger partial charge in [0.2, 0.25) is 0 Å². The van der Waals surface area contributed by atoms with E-state index in [0.29, 0.717) is 32.4 Å². The van der Waals surface area contributed by atoms with E-state index >= 15 is 0 Å². The Labute approximate surface area is 392 Å². The number of rotatable bonds is 6. The summed E-state index contributed by atoms with van der Waals surface area (Å²) in [6, 6.07) is 20.5. The highest BCUT2D eigenvalue weighted by Gasteiger charge is 2.21. The molecule has 340 valence electrons. The number of aliphatic hydroxyl groups excluding tert-OH is 1. The molecule has 64 heavy (non-hydrogen) atoms. The number of hydrogen-bond donors (Lipinski definition) is 4. The van der Waals surface area contributed by atoms with E-state index in [1.165, 1.54) is 43.5 Å². The van der Waals surface area contributed by atoms with Crippen LogP contribution in [0.5, 0.6) is 0 Å². The van der Waals surface area contributed by atoms with Crippen molar-refractivity contribution in [3.63, 3.8) is 0 Å². The summed E-state index contributed by atoms with van der Waals surface area (Å²) >= 11 is 9.82. The van der Waals surface area contributed by atoms with Crippen LogP contribution in [0, 0.1) is 3.57 Å². The van der Waals surface area contributed by atoms with Gasteiger partial charge in [-0.1, -0.05) is 32.9 Å². The van der Waals surface area contributed by atoms with Gasteiger partial charge < -0.3 is 20.1 Å². The molecule has 4 N–H and O–H groups in total. The number of hydrogen-bond acceptors (Lipinski definition) is 14. The van der Waals surface area contributed by atoms with Crippen molar-refractivity contribution in [1.29, 1.82) is 0 Å². The SMILES string of the molecule is C.CC(C)S(=O)(=O)c1ccc2nc[nH]c(=O)c2c1.CC(C)S(=O)(=O)c1ccc2ncnc(Cl)c2c1.CC(C)Sc1ccc2nc[nH]c(=O)c2c1.CO.O=c1[nH]cnc2ccc(I)cc12. The number of nitrogens with one attached hydrogen (secondary N) is 3. The molecule has 0 aliphatic carbocycles. The average molecular weight is 1060 g/mol. The Morgan fingerprint density at radius 3 is 1.41 bits per heavy atom. The lowest BCUT2D eigenvalue weighted by Gasteiger charge is -2.08. The summed E-state index contributed by atoms with van der Waals surface area (Å²) in [5, 5.41) is 8.92. The van der Waals surface area contributed by atoms with Crippen LogP contribution >= 0.6 is 46.0 Å². The molecule has 0 fully saturated rings. The lowest BCUT2D eigenvalue weighted by atomic mass is 10.2. The molecular weight excluding hydrogens is 1020 g/mol. The molecule has 0 atom stereocenters. The fraction of sp³-hybridized carbons (Fsp3) is 0.256. The van der Waals surface area contributed by atoms with Crippen molar-refractivity contribution < 1.29 is 21.9 Å². The molecule has 0 aliphatic heterocycles. The molecular formula is C43H48ClIN8O8S3. The monoisotopic (exact) mass is 1060 g/mol. The summed E-state index contributed by atoms with van der Waals surface area (Å²) in [4.78, 5) is 63.3. The molecule has 0 amide bonds. The number of fused-ring (bicyclic) bond motifs is 4. The quantitative estimate of drug-likeness (QED) is 0.0706. The van der Waals surface area contributed by atoms with Gasteiger partial charge in [-0.2, -0.15) is 0 Å². The molecule has 16 nitrogen and oxygen atoms in total. The minimum atomic E-state index is -3.37. The molecule has 21 heteroatoms. The Balaban J connectivity index is 0.000000224. The van der Waals surface area contributed by atoms with Gasteiger partial charge in [-0.3, -0.25) is 14.4 Å². The first kappa shape index (κ1) is 53.2. The third-order valence-electron chi connectivity index (χ3n) is 8.65. The standard InChI is InChI=1S/C11H11ClN2O2S.C11H12N2O3S.C11H12N2OS.C8H5IN2O.CH4O.CH4/c1-7(2)17(15,16)8-3-4-10-9(5-8)11(12)14-6-13-10;1-7(2)17(15,16)8-3-4-10-9(5-8)11(14)13-6-12-10;1-7(2)15-8-3-4-10-9(5-8)11(14)13-6-12-10;9-5-1-2-7-6(3-5)8(12)11-4-10-7;1-2;/h3-7H,1-2H3;3-7H,1-2H3,(H,12,13,14);3-7H,1-2H3,(H,12,13,14);1-4H,(H,10,11,12);2H,1H3;1H4. The fourth-order valence-corrected chi connectivity index (χ4v) is 9.12. The van der Waals surface area contributed by atoms with Crippen molar-refractivity contribution in [3.05, 3.63) is 138 Å². The maximum atomic E-state index is 12.0. The highest BCUT2D eigenvalue weighted by Crippen LogP contribution is 2.26. The van der Waals surface area contributed by atoms with E-state index in [0.717, 1.165) is 26.6 Å². The van der Waals surface area contributed by atoms with Gasteiger partial charge in [0.15, 0.2) is 19.7 Å². The molecule has 4 aromatic carbocycles. The normalized spacial score (nSPS) is 11.1. The number of benzene rings is 4. The van der Waals surface area contributed by atoms with Crippen LogP contribution in [-0.2, 0) is 19.7 Å². The Hall–Kier alpha value is -5.13. The van der Waals surface area contributed by atoms with E-state index in [1.807, 2.05) is 36.4 Å². The molecule has 0 bridgehead atoms. The van der Waals surface area contributed by atoms with Crippen molar-refractivity contribution in [1.82, 2.24) is 39.9 Å². The van der Waals surface area contributed by atoms with Gasteiger partial charge in [0.05, 0.1) is 77.5 Å². The molecule has 8 aromatic rings. The second-order valence-corrected chi connectivity index (χ2v) is 22.2. The van der Waals surface area contributed by atoms with E-state index < -0.39 is 30.2 Å². The van der Waals surface area contributed by atoms with Crippen molar-refractivity contribution in [2.75, 3.05) is 7.11 Å². The van der Waals surface area contributed by atoms with Crippen LogP contribution in [0.3, 0.4) is 0 Å². The maximum Gasteiger partial charge on any atom is 0.258 e. The first-order valence-electron chi connectivity index (χ1n) is 18.9. The molecule has 0 radical (unpaired) electrons. The number of aromatic amines is 3. The predicted molar refractivity (Wildman–Crippen MR) is 265 cm³/mol. The first-order valence-corrected chi connectivity index (χ1v) is 24.3. The van der Waals surface area contributed by atoms with E-state index in [2.05, 4.69) is 76.3 Å². The molecule has 4 aromatic heterocycles. The Bertz CT molecular complexity index is 3270. The number of thioether (sulfide) groups is 1. The van der Waals surface area contributed by atoms with Gasteiger partial charge in [-0.05, 0) is 123 Å². The third kappa shape index (κ3) is 13.5. The average Bonchev–Trinajstić information content (AvgIpc) is 3.25. The van der Waals surface area contributed by atoms with E-state index in [4.69, 9.17) is 16.7 Å². The molecule has 0 spiro atoms. The van der Waals surface area contributed by atoms with Gasteiger partial charge in [0, 0.05) is 26.2 Å². The lowest BCUT2D eigenvalue weighted by Crippen LogP contribution is -2.15. The summed E-state index contributed by atoms with van der Waals surface area (Å²) in [5.41, 5.74) is 2.09. The number of H-pyrrole nitrogens is 3. The van der Waals surface area contributed by atoms with Crippen LogP contribution in [0.2, 0.25) is 5.15 Å². The Morgan fingerprint density at radius 2 is 0.953 bits per heavy atom. The van der Waals surface area contributed by atoms with E-state index in [-0.39, 0.29) is 44.4 Å². The zero-order valence-electron chi connectivity index (χ0n) is 35.0. The molecule has 0 aliphatic rings. The second-order valence-electron chi connectivity index (χ2n) is 13.9. The zero-order valence-corrected chi connectivity index (χ0v) is 40.4. The van der Waals surface area contributed by atoms with Crippen LogP contribution in [0.1, 0.15) is 49.0 Å². The highest BCUT2D eigenvalue weighted by molar-refractivity contribution is 14.1. The molecule has 0 saturated carbocycles. The molecule has 8 rings (SSSR count). The lowest BCUT2D eigenvalue weighted by molar-refractivity contribution is 0.399. The van der Waals surface area contributed by atoms with Crippen molar-refractivity contribution in [3.8, 4) is 0 Å². The summed E-state index contributed by atoms with van der Waals surface area (Å²) in [6.45, 7) is 10.7. The van der Waals surface area contributed by atoms with Crippen molar-refractivity contribution in [2.45, 2.75) is 79.4 Å². The van der Waals surface area contributed by atoms with Crippen LogP contribution in [-0.4, -0.2) is 84.7 Å². The van der Waals surface area contributed by atoms with Gasteiger partial charge in [-0.25, -0.2) is 41.8 Å². The van der Waals surface area contributed by atoms with E-state index in [1.54, 1.807) is 57.7 Å². The topological polar surface area (TPSA) is 252 Å². The minimum Gasteiger partial charge on any atom is -0.400 e. The highest BCUT2D eigenvalue weighted by atomic mass is 127. The second kappa shape index (κ2) is 23.7. The van der Waals surface area contributed by atoms with E-state index in [9.17, 15) is 31.2 Å². The molecule has 4 heterocycles. The van der Waals surface area contributed by atoms with Gasteiger partial charge in [-0.15, -0.1) is 11.8 Å². The first-order chi connectivity index (χ1) is 29.8. The Morgan fingerprint density at radius 1 is 0.562 bits per heavy atom. The number of aliphatic hydroxyl groups is 1. The number of halogens is 2. The smallest absolute Gasteiger partial charge is 0.258 e. The number of sulfone groups is 2. The van der Waals surface area contributed by atoms with Gasteiger partial charge >= 0.3 is 0 Å². The van der Waals surface area contributed by atoms with Crippen molar-refractivity contribution >= 4 is 109 Å². The van der Waals surface area contributed by atoms with Crippen LogP contribution in [0.25, 0.3) is 43.6 Å². The Kier molecular flexibility index (Phi) is 19.7. The van der Waals surface area contributed by atoms with Crippen LogP contribution in [0.15, 0.2) is 127 Å². The maximum absolute atomic E-state index is 12.0. The fourth-order valence-electron chi connectivity index (χ4n) is 5.38. The van der Waals surface area contributed by atoms with Gasteiger partial charge in [0.1, 0.15) is 11.5 Å². The molecule has 0 saturated heterocycles. The van der Waals surface area contributed by atoms with Gasteiger partial charge in [0.25, 0.3) is 16.7 Å². The summed E-state index contributed by atoms with van der Waals surface area (Å²) < 4.78 is 49.0. The molecule has 0 unspecified atom stereocenters. The predicted octanol–water partition coefficient (Wildman–Crippen LogP) is 7.77. The zero-order chi connectivity index (χ0) is 46.6. The van der Waals surface area contributed by atoms with Crippen LogP contribution in [0.4, 0.5) is 0 Å². The van der Waals surface area contributed by atoms with Crippen LogP contribution < -0.4 is 16.7 Å². The van der Waals surface area contributed by atoms with Crippen molar-refractivity contribution in [2.24, 2.45) is 0 Å². The number of nitrogens with zero attached hydrogens (tertiary/aromatic N) is 5. The summed E-state index contributed by atoms with van der Waals surface area (Å²) in [7, 11) is -5.66. The largest absolute Gasteiger partial charge is 0.400 e.